The number of nitrogens with one attached hydrogen (secondary N) is 3. The van der Waals surface area contributed by atoms with Gasteiger partial charge in [0.2, 0.25) is 0 Å². The lowest BCUT2D eigenvalue weighted by Crippen LogP contribution is -2.42. The highest BCUT2D eigenvalue weighted by atomic mass is 16.1. The van der Waals surface area contributed by atoms with Gasteiger partial charge >= 0.3 is 0 Å². The van der Waals surface area contributed by atoms with Crippen LogP contribution in [0.2, 0.25) is 0 Å². The third kappa shape index (κ3) is 8.57. The molecule has 25 heavy (non-hydrogen) atoms. The van der Waals surface area contributed by atoms with Crippen molar-refractivity contribution in [1.82, 2.24) is 16.0 Å². The highest BCUT2D eigenvalue weighted by molar-refractivity contribution is 5.94. The van der Waals surface area contributed by atoms with E-state index in [-0.39, 0.29) is 5.91 Å². The van der Waals surface area contributed by atoms with Crippen molar-refractivity contribution < 1.29 is 4.79 Å². The van der Waals surface area contributed by atoms with E-state index < -0.39 is 0 Å². The van der Waals surface area contributed by atoms with E-state index in [1.165, 1.54) is 25.7 Å². The molecule has 0 radical (unpaired) electrons. The second kappa shape index (κ2) is 12.3. The third-order valence-corrected chi connectivity index (χ3v) is 4.05. The van der Waals surface area contributed by atoms with Crippen molar-refractivity contribution in [3.63, 3.8) is 0 Å². The van der Waals surface area contributed by atoms with Crippen LogP contribution in [0.4, 0.5) is 0 Å². The van der Waals surface area contributed by atoms with Crippen LogP contribution in [0.15, 0.2) is 29.3 Å². The van der Waals surface area contributed by atoms with Crippen molar-refractivity contribution in [2.45, 2.75) is 65.5 Å². The number of unbranched alkanes of at least 4 members (excludes halogenated alkanes) is 3. The summed E-state index contributed by atoms with van der Waals surface area (Å²) in [5.41, 5.74) is 1.69. The van der Waals surface area contributed by atoms with Crippen LogP contribution in [0.5, 0.6) is 0 Å². The Balaban J connectivity index is 2.61. The van der Waals surface area contributed by atoms with Crippen LogP contribution >= 0.6 is 0 Å². The number of carbonyl (C=O) groups excluding carboxylic acids is 1. The molecule has 0 fully saturated rings. The summed E-state index contributed by atoms with van der Waals surface area (Å²) in [4.78, 5) is 16.4. The summed E-state index contributed by atoms with van der Waals surface area (Å²) in [6.45, 7) is 7.87. The summed E-state index contributed by atoms with van der Waals surface area (Å²) in [6.07, 6.45) is 6.26. The molecular formula is C20H34N4O. The van der Waals surface area contributed by atoms with E-state index in [1.54, 1.807) is 7.05 Å². The van der Waals surface area contributed by atoms with Crippen LogP contribution in [0, 0.1) is 0 Å². The summed E-state index contributed by atoms with van der Waals surface area (Å²) in [7, 11) is 1.64. The summed E-state index contributed by atoms with van der Waals surface area (Å²) in [5.74, 6) is 0.757. The van der Waals surface area contributed by atoms with Crippen molar-refractivity contribution in [2.75, 3.05) is 13.6 Å². The number of hydrogen-bond acceptors (Lipinski definition) is 2. The molecule has 5 nitrogen and oxygen atoms in total. The first kappa shape index (κ1) is 21.0. The molecule has 1 aromatic carbocycles. The van der Waals surface area contributed by atoms with E-state index in [0.717, 1.165) is 24.5 Å². The molecule has 5 heteroatoms. The van der Waals surface area contributed by atoms with E-state index in [0.29, 0.717) is 18.2 Å². The van der Waals surface area contributed by atoms with Gasteiger partial charge in [-0.1, -0.05) is 44.7 Å². The maximum atomic E-state index is 11.7. The Bertz CT molecular complexity index is 542. The number of hydrogen-bond donors (Lipinski definition) is 3. The summed E-state index contributed by atoms with van der Waals surface area (Å²) >= 11 is 0. The fraction of sp³-hybridized carbons (Fsp3) is 0.600. The highest BCUT2D eigenvalue weighted by Gasteiger charge is 2.06. The molecule has 0 aromatic heterocycles. The molecule has 1 aromatic rings. The second-order valence-electron chi connectivity index (χ2n) is 6.37. The number of rotatable bonds is 10. The fourth-order valence-corrected chi connectivity index (χ4v) is 2.63. The SMILES string of the molecule is CCCCCCC(C)NC(=NCc1cccc(C(=O)NC)c1)NCC. The monoisotopic (exact) mass is 346 g/mol. The molecule has 0 heterocycles. The number of aliphatic imine (C=N–C) groups is 1. The van der Waals surface area contributed by atoms with Gasteiger partial charge < -0.3 is 16.0 Å². The predicted molar refractivity (Wildman–Crippen MR) is 106 cm³/mol. The smallest absolute Gasteiger partial charge is 0.251 e. The maximum Gasteiger partial charge on any atom is 0.251 e. The zero-order valence-electron chi connectivity index (χ0n) is 16.2. The molecular weight excluding hydrogens is 312 g/mol. The topological polar surface area (TPSA) is 65.5 Å². The first-order valence-corrected chi connectivity index (χ1v) is 9.46. The van der Waals surface area contributed by atoms with Crippen molar-refractivity contribution in [3.05, 3.63) is 35.4 Å². The van der Waals surface area contributed by atoms with Crippen molar-refractivity contribution in [1.29, 1.82) is 0 Å². The van der Waals surface area contributed by atoms with E-state index in [2.05, 4.69) is 41.7 Å². The van der Waals surface area contributed by atoms with Gasteiger partial charge in [0.25, 0.3) is 5.91 Å². The van der Waals surface area contributed by atoms with E-state index in [9.17, 15) is 4.79 Å². The number of carbonyl (C=O) groups is 1. The van der Waals surface area contributed by atoms with Crippen LogP contribution in [0.25, 0.3) is 0 Å². The van der Waals surface area contributed by atoms with Crippen LogP contribution < -0.4 is 16.0 Å². The molecule has 1 rings (SSSR count). The molecule has 0 aliphatic carbocycles. The van der Waals surface area contributed by atoms with Crippen molar-refractivity contribution in [2.24, 2.45) is 4.99 Å². The first-order chi connectivity index (χ1) is 12.1. The molecule has 0 spiro atoms. The van der Waals surface area contributed by atoms with E-state index in [1.807, 2.05) is 24.3 Å². The van der Waals surface area contributed by atoms with Gasteiger partial charge in [-0.2, -0.15) is 0 Å². The zero-order valence-corrected chi connectivity index (χ0v) is 16.2. The Morgan fingerprint density at radius 3 is 2.68 bits per heavy atom. The Morgan fingerprint density at radius 2 is 2.00 bits per heavy atom. The number of guanidine groups is 1. The van der Waals surface area contributed by atoms with Gasteiger partial charge in [0, 0.05) is 25.2 Å². The quantitative estimate of drug-likeness (QED) is 0.345. The summed E-state index contributed by atoms with van der Waals surface area (Å²) in [6, 6.07) is 7.99. The van der Waals surface area contributed by atoms with Gasteiger partial charge in [-0.3, -0.25) is 4.79 Å². The predicted octanol–water partition coefficient (Wildman–Crippen LogP) is 3.46. The molecule has 1 amide bonds. The number of benzene rings is 1. The molecule has 0 aliphatic rings. The van der Waals surface area contributed by atoms with Gasteiger partial charge in [-0.05, 0) is 38.0 Å². The number of nitrogens with zero attached hydrogens (tertiary/aromatic N) is 1. The van der Waals surface area contributed by atoms with Gasteiger partial charge in [0.05, 0.1) is 6.54 Å². The summed E-state index contributed by atoms with van der Waals surface area (Å²) < 4.78 is 0. The lowest BCUT2D eigenvalue weighted by molar-refractivity contribution is 0.0963. The molecule has 0 saturated carbocycles. The Labute approximate surface area is 152 Å². The van der Waals surface area contributed by atoms with E-state index >= 15 is 0 Å². The van der Waals surface area contributed by atoms with Gasteiger partial charge in [-0.15, -0.1) is 0 Å². The van der Waals surface area contributed by atoms with Gasteiger partial charge in [0.1, 0.15) is 0 Å². The average Bonchev–Trinajstić information content (AvgIpc) is 2.63. The molecule has 140 valence electrons. The molecule has 1 atom stereocenters. The largest absolute Gasteiger partial charge is 0.357 e. The fourth-order valence-electron chi connectivity index (χ4n) is 2.63. The zero-order chi connectivity index (χ0) is 18.5. The van der Waals surface area contributed by atoms with E-state index in [4.69, 9.17) is 0 Å². The molecule has 0 saturated heterocycles. The minimum atomic E-state index is -0.0726. The number of amides is 1. The standard InChI is InChI=1S/C20H34N4O/c1-5-7-8-9-11-16(3)24-20(22-6-2)23-15-17-12-10-13-18(14-17)19(25)21-4/h10,12-14,16H,5-9,11,15H2,1-4H3,(H,21,25)(H2,22,23,24). The lowest BCUT2D eigenvalue weighted by Gasteiger charge is -2.17. The highest BCUT2D eigenvalue weighted by Crippen LogP contribution is 2.07. The van der Waals surface area contributed by atoms with Crippen molar-refractivity contribution >= 4 is 11.9 Å². The minimum Gasteiger partial charge on any atom is -0.357 e. The Kier molecular flexibility index (Phi) is 10.4. The molecule has 1 unspecified atom stereocenters. The maximum absolute atomic E-state index is 11.7. The second-order valence-corrected chi connectivity index (χ2v) is 6.37. The molecule has 0 aliphatic heterocycles. The molecule has 3 N–H and O–H groups in total. The average molecular weight is 347 g/mol. The minimum absolute atomic E-state index is 0.0726. The Morgan fingerprint density at radius 1 is 1.20 bits per heavy atom. The Hall–Kier alpha value is -2.04. The van der Waals surface area contributed by atoms with Crippen LogP contribution in [0.3, 0.4) is 0 Å². The normalized spacial score (nSPS) is 12.6. The van der Waals surface area contributed by atoms with Crippen LogP contribution in [-0.2, 0) is 6.54 Å². The van der Waals surface area contributed by atoms with Crippen molar-refractivity contribution in [3.8, 4) is 0 Å². The lowest BCUT2D eigenvalue weighted by atomic mass is 10.1. The van der Waals surface area contributed by atoms with Gasteiger partial charge in [-0.25, -0.2) is 4.99 Å². The van der Waals surface area contributed by atoms with Crippen LogP contribution in [-0.4, -0.2) is 31.5 Å². The molecule has 0 bridgehead atoms. The first-order valence-electron chi connectivity index (χ1n) is 9.46. The third-order valence-electron chi connectivity index (χ3n) is 4.05. The van der Waals surface area contributed by atoms with Gasteiger partial charge in [0.15, 0.2) is 5.96 Å². The summed E-state index contributed by atoms with van der Waals surface area (Å²) in [5, 5.41) is 9.42. The van der Waals surface area contributed by atoms with Crippen LogP contribution in [0.1, 0.15) is 68.8 Å².